The Hall–Kier alpha value is -0.690. The standard InChI is InChI=1S/C6H9O6/c7-1-2(8)5-3(9)4(10)6(11)12-5/h2-5,7-9H,1H2/q-1/t2-,3?,4?,5+/m0/s1. The molecule has 1 fully saturated rings. The molecule has 0 amide bonds. The Morgan fingerprint density at radius 3 is 2.58 bits per heavy atom. The molecule has 1 aliphatic heterocycles. The van der Waals surface area contributed by atoms with Crippen molar-refractivity contribution in [1.29, 1.82) is 0 Å². The molecule has 1 rings (SSSR count). The van der Waals surface area contributed by atoms with Gasteiger partial charge in [0.1, 0.15) is 6.10 Å². The lowest BCUT2D eigenvalue weighted by molar-refractivity contribution is -0.417. The smallest absolute Gasteiger partial charge is 0.295 e. The van der Waals surface area contributed by atoms with Crippen LogP contribution in [0.4, 0.5) is 0 Å². The van der Waals surface area contributed by atoms with E-state index in [-0.39, 0.29) is 0 Å². The van der Waals surface area contributed by atoms with Crippen LogP contribution < -0.4 is 5.11 Å². The summed E-state index contributed by atoms with van der Waals surface area (Å²) in [6, 6.07) is 0. The molecule has 6 nitrogen and oxygen atoms in total. The van der Waals surface area contributed by atoms with Gasteiger partial charge in [-0.3, -0.25) is 4.79 Å². The van der Waals surface area contributed by atoms with Gasteiger partial charge in [-0.25, -0.2) is 0 Å². The number of aliphatic hydroxyl groups is 3. The Morgan fingerprint density at radius 1 is 1.67 bits per heavy atom. The molecule has 12 heavy (non-hydrogen) atoms. The molecule has 1 aliphatic rings. The van der Waals surface area contributed by atoms with Gasteiger partial charge in [-0.15, -0.1) is 0 Å². The summed E-state index contributed by atoms with van der Waals surface area (Å²) in [7, 11) is 0. The highest BCUT2D eigenvalue weighted by atomic mass is 16.6. The molecule has 1 heterocycles. The maximum absolute atomic E-state index is 10.7. The highest BCUT2D eigenvalue weighted by Gasteiger charge is 2.40. The predicted octanol–water partition coefficient (Wildman–Crippen LogP) is -3.65. The molecule has 0 bridgehead atoms. The first-order chi connectivity index (χ1) is 5.57. The summed E-state index contributed by atoms with van der Waals surface area (Å²) in [5.41, 5.74) is 0. The highest BCUT2D eigenvalue weighted by Crippen LogP contribution is 2.16. The van der Waals surface area contributed by atoms with Crippen LogP contribution in [-0.4, -0.2) is 52.3 Å². The van der Waals surface area contributed by atoms with Crippen LogP contribution in [0.5, 0.6) is 0 Å². The largest absolute Gasteiger partial charge is 0.842 e. The quantitative estimate of drug-likeness (QED) is 0.375. The van der Waals surface area contributed by atoms with Crippen molar-refractivity contribution in [2.24, 2.45) is 0 Å². The maximum atomic E-state index is 10.7. The normalized spacial score (nSPS) is 38.0. The predicted molar refractivity (Wildman–Crippen MR) is 32.8 cm³/mol. The van der Waals surface area contributed by atoms with Crippen LogP contribution in [0.2, 0.25) is 0 Å². The van der Waals surface area contributed by atoms with Crippen LogP contribution in [-0.2, 0) is 9.53 Å². The van der Waals surface area contributed by atoms with Gasteiger partial charge in [0, 0.05) is 6.10 Å². The summed E-state index contributed by atoms with van der Waals surface area (Å²) in [4.78, 5) is 10.5. The van der Waals surface area contributed by atoms with Gasteiger partial charge in [0.05, 0.1) is 12.7 Å². The third kappa shape index (κ3) is 1.42. The van der Waals surface area contributed by atoms with Crippen molar-refractivity contribution in [1.82, 2.24) is 0 Å². The van der Waals surface area contributed by atoms with Crippen molar-refractivity contribution < 1.29 is 30.0 Å². The van der Waals surface area contributed by atoms with Gasteiger partial charge in [0.2, 0.25) is 0 Å². The second-order valence-electron chi connectivity index (χ2n) is 2.56. The average molecular weight is 177 g/mol. The highest BCUT2D eigenvalue weighted by molar-refractivity contribution is 5.77. The van der Waals surface area contributed by atoms with Crippen molar-refractivity contribution in [2.45, 2.75) is 24.4 Å². The summed E-state index contributed by atoms with van der Waals surface area (Å²) in [6.45, 7) is -0.665. The van der Waals surface area contributed by atoms with E-state index in [9.17, 15) is 9.90 Å². The first kappa shape index (κ1) is 9.40. The van der Waals surface area contributed by atoms with Gasteiger partial charge in [-0.2, -0.15) is 0 Å². The van der Waals surface area contributed by atoms with Crippen molar-refractivity contribution in [3.8, 4) is 0 Å². The fourth-order valence-corrected chi connectivity index (χ4v) is 0.993. The number of ether oxygens (including phenoxy) is 1. The summed E-state index contributed by atoms with van der Waals surface area (Å²) in [5.74, 6) is -1.10. The van der Waals surface area contributed by atoms with E-state index in [1.165, 1.54) is 0 Å². The Balaban J connectivity index is 2.64. The number of esters is 1. The zero-order chi connectivity index (χ0) is 9.30. The Morgan fingerprint density at radius 2 is 2.25 bits per heavy atom. The molecular weight excluding hydrogens is 168 g/mol. The topological polar surface area (TPSA) is 110 Å². The first-order valence-electron chi connectivity index (χ1n) is 3.41. The molecule has 2 unspecified atom stereocenters. The van der Waals surface area contributed by atoms with Gasteiger partial charge < -0.3 is 25.2 Å². The first-order valence-corrected chi connectivity index (χ1v) is 3.41. The van der Waals surface area contributed by atoms with Gasteiger partial charge in [0.25, 0.3) is 5.97 Å². The maximum Gasteiger partial charge on any atom is 0.295 e. The van der Waals surface area contributed by atoms with Crippen LogP contribution in [0.25, 0.3) is 0 Å². The van der Waals surface area contributed by atoms with Crippen molar-refractivity contribution in [3.05, 3.63) is 0 Å². The second kappa shape index (κ2) is 3.36. The molecule has 0 aliphatic carbocycles. The lowest BCUT2D eigenvalue weighted by atomic mass is 10.1. The van der Waals surface area contributed by atoms with Gasteiger partial charge in [-0.05, 0) is 0 Å². The monoisotopic (exact) mass is 177 g/mol. The summed E-state index contributed by atoms with van der Waals surface area (Å²) in [6.07, 6.45) is -6.16. The number of carbonyl (C=O) groups is 1. The SMILES string of the molecule is O=C1O[C@H]([C@@H](O)CO)C(O)C1[O-]. The van der Waals surface area contributed by atoms with E-state index in [0.717, 1.165) is 0 Å². The van der Waals surface area contributed by atoms with Crippen LogP contribution in [0, 0.1) is 0 Å². The number of rotatable bonds is 2. The Kier molecular flexibility index (Phi) is 2.63. The Labute approximate surface area is 68.0 Å². The third-order valence-corrected chi connectivity index (χ3v) is 1.70. The van der Waals surface area contributed by atoms with E-state index in [0.29, 0.717) is 0 Å². The molecule has 6 heteroatoms. The van der Waals surface area contributed by atoms with E-state index < -0.39 is 37.0 Å². The molecule has 3 N–H and O–H groups in total. The van der Waals surface area contributed by atoms with E-state index >= 15 is 0 Å². The number of aliphatic hydroxyl groups excluding tert-OH is 3. The van der Waals surface area contributed by atoms with Crippen molar-refractivity contribution in [2.75, 3.05) is 6.61 Å². The molecule has 70 valence electrons. The van der Waals surface area contributed by atoms with Crippen molar-refractivity contribution in [3.63, 3.8) is 0 Å². The van der Waals surface area contributed by atoms with E-state index in [2.05, 4.69) is 4.74 Å². The summed E-state index contributed by atoms with van der Waals surface area (Å²) >= 11 is 0. The van der Waals surface area contributed by atoms with Crippen molar-refractivity contribution >= 4 is 5.97 Å². The fraction of sp³-hybridized carbons (Fsp3) is 0.833. The van der Waals surface area contributed by atoms with Gasteiger partial charge in [0.15, 0.2) is 6.10 Å². The third-order valence-electron chi connectivity index (χ3n) is 1.70. The molecule has 0 aromatic rings. The lowest BCUT2D eigenvalue weighted by Gasteiger charge is -2.20. The van der Waals surface area contributed by atoms with Crippen LogP contribution >= 0.6 is 0 Å². The second-order valence-corrected chi connectivity index (χ2v) is 2.56. The molecule has 0 aromatic heterocycles. The van der Waals surface area contributed by atoms with E-state index in [4.69, 9.17) is 15.3 Å². The lowest BCUT2D eigenvalue weighted by Crippen LogP contribution is -2.45. The van der Waals surface area contributed by atoms with Crippen LogP contribution in [0.1, 0.15) is 0 Å². The molecule has 4 atom stereocenters. The minimum absolute atomic E-state index is 0.665. The number of hydrogen-bond acceptors (Lipinski definition) is 6. The minimum atomic E-state index is -1.88. The number of cyclic esters (lactones) is 1. The number of hydrogen-bond donors (Lipinski definition) is 3. The van der Waals surface area contributed by atoms with E-state index in [1.54, 1.807) is 0 Å². The fourth-order valence-electron chi connectivity index (χ4n) is 0.993. The van der Waals surface area contributed by atoms with Crippen LogP contribution in [0.3, 0.4) is 0 Å². The van der Waals surface area contributed by atoms with Crippen LogP contribution in [0.15, 0.2) is 0 Å². The molecule has 0 aromatic carbocycles. The molecule has 0 saturated carbocycles. The number of carbonyl (C=O) groups excluding carboxylic acids is 1. The zero-order valence-electron chi connectivity index (χ0n) is 6.08. The molecule has 0 radical (unpaired) electrons. The Bertz CT molecular complexity index is 181. The van der Waals surface area contributed by atoms with Gasteiger partial charge >= 0.3 is 0 Å². The van der Waals surface area contributed by atoms with E-state index in [1.807, 2.05) is 0 Å². The minimum Gasteiger partial charge on any atom is -0.842 e. The summed E-state index contributed by atoms with van der Waals surface area (Å²) < 4.78 is 4.33. The zero-order valence-corrected chi connectivity index (χ0v) is 6.08. The molecule has 1 saturated heterocycles. The molecular formula is C6H9O6-. The summed E-state index contributed by atoms with van der Waals surface area (Å²) in [5, 5.41) is 37.1. The van der Waals surface area contributed by atoms with Gasteiger partial charge in [-0.1, -0.05) is 0 Å². The average Bonchev–Trinajstić information content (AvgIpc) is 2.32. The molecule has 0 spiro atoms.